The van der Waals surface area contributed by atoms with Crippen LogP contribution in [0.25, 0.3) is 70.8 Å². The van der Waals surface area contributed by atoms with Gasteiger partial charge in [0.15, 0.2) is 11.6 Å². The van der Waals surface area contributed by atoms with Gasteiger partial charge < -0.3 is 0 Å². The van der Waals surface area contributed by atoms with E-state index in [4.69, 9.17) is 15.0 Å². The summed E-state index contributed by atoms with van der Waals surface area (Å²) in [5.74, 6) is 1.89. The Morgan fingerprint density at radius 2 is 1.18 bits per heavy atom. The molecule has 0 spiro atoms. The van der Waals surface area contributed by atoms with Gasteiger partial charge in [0.2, 0.25) is 5.95 Å². The van der Waals surface area contributed by atoms with Gasteiger partial charge in [0, 0.05) is 43.6 Å². The highest BCUT2D eigenvalue weighted by Crippen LogP contribution is 2.42. The third-order valence-electron chi connectivity index (χ3n) is 6.94. The largest absolute Gasteiger partial charge is 0.278 e. The predicted molar refractivity (Wildman–Crippen MR) is 156 cm³/mol. The van der Waals surface area contributed by atoms with Crippen molar-refractivity contribution in [1.82, 2.24) is 24.5 Å². The number of rotatable bonds is 3. The number of thiophene rings is 1. The minimum absolute atomic E-state index is 0.600. The van der Waals surface area contributed by atoms with Crippen LogP contribution in [0.4, 0.5) is 0 Å². The van der Waals surface area contributed by atoms with Crippen LogP contribution < -0.4 is 0 Å². The van der Waals surface area contributed by atoms with E-state index in [2.05, 4.69) is 52.0 Å². The fraction of sp³-hybridized carbons (Fsp3) is 0. The summed E-state index contributed by atoms with van der Waals surface area (Å²) in [6.45, 7) is 0. The maximum atomic E-state index is 5.03. The van der Waals surface area contributed by atoms with Crippen molar-refractivity contribution in [3.8, 4) is 28.7 Å². The first-order valence-corrected chi connectivity index (χ1v) is 13.2. The van der Waals surface area contributed by atoms with E-state index in [1.807, 2.05) is 72.9 Å². The van der Waals surface area contributed by atoms with Crippen molar-refractivity contribution in [2.24, 2.45) is 0 Å². The van der Waals surface area contributed by atoms with E-state index < -0.39 is 0 Å². The lowest BCUT2D eigenvalue weighted by Gasteiger charge is -2.10. The summed E-state index contributed by atoms with van der Waals surface area (Å²) < 4.78 is 3.40. The number of para-hydroxylation sites is 1. The average molecular weight is 506 g/mol. The number of pyridine rings is 1. The topological polar surface area (TPSA) is 56.5 Å². The van der Waals surface area contributed by atoms with Gasteiger partial charge in [-0.15, -0.1) is 11.3 Å². The Labute approximate surface area is 221 Å². The number of aromatic nitrogens is 5. The Bertz CT molecular complexity index is 2070. The molecule has 4 aromatic heterocycles. The van der Waals surface area contributed by atoms with Crippen LogP contribution >= 0.6 is 11.3 Å². The Kier molecular flexibility index (Phi) is 4.62. The molecule has 0 saturated carbocycles. The van der Waals surface area contributed by atoms with E-state index in [1.165, 1.54) is 26.2 Å². The molecule has 178 valence electrons. The second-order valence-corrected chi connectivity index (χ2v) is 10.2. The molecular weight excluding hydrogens is 486 g/mol. The van der Waals surface area contributed by atoms with E-state index >= 15 is 0 Å². The summed E-state index contributed by atoms with van der Waals surface area (Å²) in [5, 5.41) is 4.77. The maximum absolute atomic E-state index is 5.03. The molecule has 0 fully saturated rings. The van der Waals surface area contributed by atoms with Crippen LogP contribution in [0.5, 0.6) is 0 Å². The van der Waals surface area contributed by atoms with Crippen LogP contribution in [-0.2, 0) is 0 Å². The Hall–Kier alpha value is -4.94. The molecular formula is C32H19N5S. The second-order valence-electron chi connectivity index (χ2n) is 9.16. The van der Waals surface area contributed by atoms with Gasteiger partial charge in [0.25, 0.3) is 0 Å². The molecule has 4 heterocycles. The van der Waals surface area contributed by atoms with Gasteiger partial charge in [-0.05, 0) is 24.3 Å². The molecule has 0 aliphatic carbocycles. The minimum Gasteiger partial charge on any atom is -0.278 e. The van der Waals surface area contributed by atoms with Crippen LogP contribution in [0.2, 0.25) is 0 Å². The summed E-state index contributed by atoms with van der Waals surface area (Å²) in [7, 11) is 0. The number of nitrogens with zero attached hydrogens (tertiary/aromatic N) is 5. The predicted octanol–water partition coefficient (Wildman–Crippen LogP) is 8.07. The summed E-state index contributed by atoms with van der Waals surface area (Å²) >= 11 is 1.74. The molecule has 6 heteroatoms. The zero-order valence-electron chi connectivity index (χ0n) is 20.1. The fourth-order valence-electron chi connectivity index (χ4n) is 5.23. The molecule has 0 amide bonds. The van der Waals surface area contributed by atoms with Gasteiger partial charge in [-0.3, -0.25) is 4.57 Å². The van der Waals surface area contributed by atoms with E-state index in [9.17, 15) is 0 Å². The highest BCUT2D eigenvalue weighted by Gasteiger charge is 2.20. The van der Waals surface area contributed by atoms with E-state index in [0.717, 1.165) is 27.0 Å². The first kappa shape index (κ1) is 21.2. The third kappa shape index (κ3) is 3.17. The molecule has 0 aliphatic heterocycles. The van der Waals surface area contributed by atoms with Crippen LogP contribution in [-0.4, -0.2) is 24.5 Å². The quantitative estimate of drug-likeness (QED) is 0.244. The molecule has 0 unspecified atom stereocenters. The maximum Gasteiger partial charge on any atom is 0.238 e. The molecule has 0 atom stereocenters. The standard InChI is InChI=1S/C32H19N5S/c1-3-10-20(11-4-1)29-34-30(21-12-5-2-6-13-21)36-32(35-29)37-25-16-8-7-14-24(25)27-26(37)18-17-22-23-15-9-19-33-31(23)38-28(22)27/h1-19H. The Morgan fingerprint density at radius 1 is 0.526 bits per heavy atom. The summed E-state index contributed by atoms with van der Waals surface area (Å²) in [5.41, 5.74) is 4.03. The molecule has 0 bridgehead atoms. The van der Waals surface area contributed by atoms with Crippen LogP contribution in [0.1, 0.15) is 0 Å². The van der Waals surface area contributed by atoms with Crippen molar-refractivity contribution < 1.29 is 0 Å². The molecule has 0 saturated heterocycles. The molecule has 8 aromatic rings. The van der Waals surface area contributed by atoms with Crippen LogP contribution in [0.3, 0.4) is 0 Å². The zero-order valence-corrected chi connectivity index (χ0v) is 20.9. The number of hydrogen-bond acceptors (Lipinski definition) is 5. The van der Waals surface area contributed by atoms with Crippen molar-refractivity contribution in [1.29, 1.82) is 0 Å². The molecule has 0 aliphatic rings. The third-order valence-corrected chi connectivity index (χ3v) is 8.09. The molecule has 4 aromatic carbocycles. The summed E-state index contributed by atoms with van der Waals surface area (Å²) in [4.78, 5) is 20.6. The highest BCUT2D eigenvalue weighted by molar-refractivity contribution is 7.26. The molecule has 0 radical (unpaired) electrons. The number of fused-ring (bicyclic) bond motifs is 7. The lowest BCUT2D eigenvalue weighted by Crippen LogP contribution is -2.06. The van der Waals surface area contributed by atoms with Crippen LogP contribution in [0.15, 0.2) is 115 Å². The van der Waals surface area contributed by atoms with Crippen molar-refractivity contribution in [3.05, 3.63) is 115 Å². The minimum atomic E-state index is 0.600. The van der Waals surface area contributed by atoms with E-state index in [0.29, 0.717) is 17.6 Å². The van der Waals surface area contributed by atoms with Crippen molar-refractivity contribution in [2.75, 3.05) is 0 Å². The van der Waals surface area contributed by atoms with Gasteiger partial charge in [0.1, 0.15) is 4.83 Å². The van der Waals surface area contributed by atoms with Gasteiger partial charge in [-0.2, -0.15) is 9.97 Å². The fourth-order valence-corrected chi connectivity index (χ4v) is 6.43. The number of hydrogen-bond donors (Lipinski definition) is 0. The van der Waals surface area contributed by atoms with Gasteiger partial charge >= 0.3 is 0 Å². The SMILES string of the molecule is c1ccc(-c2nc(-c3ccccc3)nc(-n3c4ccccc4c4c5sc6ncccc6c5ccc43)n2)cc1. The lowest BCUT2D eigenvalue weighted by atomic mass is 10.1. The zero-order chi connectivity index (χ0) is 25.1. The van der Waals surface area contributed by atoms with E-state index in [1.54, 1.807) is 11.3 Å². The number of benzene rings is 4. The summed E-state index contributed by atoms with van der Waals surface area (Å²) in [6, 6.07) is 37.2. The average Bonchev–Trinajstić information content (AvgIpc) is 3.53. The first-order chi connectivity index (χ1) is 18.8. The second kappa shape index (κ2) is 8.30. The van der Waals surface area contributed by atoms with Crippen molar-refractivity contribution in [2.45, 2.75) is 0 Å². The van der Waals surface area contributed by atoms with E-state index in [-0.39, 0.29) is 0 Å². The lowest BCUT2D eigenvalue weighted by molar-refractivity contribution is 0.953. The Balaban J connectivity index is 1.49. The van der Waals surface area contributed by atoms with Gasteiger partial charge in [-0.1, -0.05) is 84.9 Å². The van der Waals surface area contributed by atoms with Crippen LogP contribution in [0, 0.1) is 0 Å². The highest BCUT2D eigenvalue weighted by atomic mass is 32.1. The van der Waals surface area contributed by atoms with Gasteiger partial charge in [0.05, 0.1) is 11.0 Å². The van der Waals surface area contributed by atoms with Gasteiger partial charge in [-0.25, -0.2) is 9.97 Å². The summed E-state index contributed by atoms with van der Waals surface area (Å²) in [6.07, 6.45) is 1.86. The molecule has 8 rings (SSSR count). The molecule has 38 heavy (non-hydrogen) atoms. The van der Waals surface area contributed by atoms with Crippen molar-refractivity contribution in [3.63, 3.8) is 0 Å². The Morgan fingerprint density at radius 3 is 1.92 bits per heavy atom. The molecule has 5 nitrogen and oxygen atoms in total. The normalized spacial score (nSPS) is 11.7. The monoisotopic (exact) mass is 505 g/mol. The molecule has 0 N–H and O–H groups in total. The van der Waals surface area contributed by atoms with Crippen molar-refractivity contribution >= 4 is 53.4 Å². The first-order valence-electron chi connectivity index (χ1n) is 12.4. The smallest absolute Gasteiger partial charge is 0.238 e.